The fourth-order valence-corrected chi connectivity index (χ4v) is 4.52. The van der Waals surface area contributed by atoms with Gasteiger partial charge in [-0.3, -0.25) is 14.6 Å². The number of anilines is 1. The molecule has 0 saturated carbocycles. The van der Waals surface area contributed by atoms with Crippen molar-refractivity contribution < 1.29 is 9.59 Å². The molecule has 6 nitrogen and oxygen atoms in total. The van der Waals surface area contributed by atoms with E-state index < -0.39 is 0 Å². The van der Waals surface area contributed by atoms with Gasteiger partial charge in [-0.15, -0.1) is 0 Å². The summed E-state index contributed by atoms with van der Waals surface area (Å²) in [6.07, 6.45) is 5.61. The van der Waals surface area contributed by atoms with E-state index in [9.17, 15) is 9.59 Å². The second kappa shape index (κ2) is 8.90. The molecule has 0 atom stereocenters. The minimum atomic E-state index is -0.193. The number of hydrogen-bond acceptors (Lipinski definition) is 3. The van der Waals surface area contributed by atoms with Crippen LogP contribution in [0.25, 0.3) is 10.9 Å². The average molecular weight is 439 g/mol. The van der Waals surface area contributed by atoms with Gasteiger partial charge in [0.15, 0.2) is 0 Å². The lowest BCUT2D eigenvalue weighted by atomic mass is 10.0. The Balaban J connectivity index is 1.36. The number of carbonyl (C=O) groups excluding carboxylic acids is 2. The van der Waals surface area contributed by atoms with E-state index in [0.717, 1.165) is 46.3 Å². The molecular formula is C27H26N4O2. The van der Waals surface area contributed by atoms with Crippen molar-refractivity contribution in [3.63, 3.8) is 0 Å². The summed E-state index contributed by atoms with van der Waals surface area (Å²) in [5.41, 5.74) is 5.23. The normalized spacial score (nSPS) is 13.1. The number of pyridine rings is 1. The van der Waals surface area contributed by atoms with Crippen LogP contribution in [0.5, 0.6) is 0 Å². The van der Waals surface area contributed by atoms with Crippen molar-refractivity contribution in [1.82, 2.24) is 14.9 Å². The molecule has 2 aromatic carbocycles. The van der Waals surface area contributed by atoms with Crippen molar-refractivity contribution in [2.24, 2.45) is 7.05 Å². The summed E-state index contributed by atoms with van der Waals surface area (Å²) >= 11 is 0. The van der Waals surface area contributed by atoms with Crippen molar-refractivity contribution in [3.05, 3.63) is 95.4 Å². The third kappa shape index (κ3) is 4.24. The molecule has 2 amide bonds. The van der Waals surface area contributed by atoms with E-state index in [-0.39, 0.29) is 11.8 Å². The van der Waals surface area contributed by atoms with Crippen LogP contribution in [0.1, 0.15) is 33.6 Å². The minimum Gasteiger partial charge on any atom is -0.350 e. The van der Waals surface area contributed by atoms with Crippen LogP contribution in [-0.4, -0.2) is 27.9 Å². The second-order valence-corrected chi connectivity index (χ2v) is 8.47. The summed E-state index contributed by atoms with van der Waals surface area (Å²) in [4.78, 5) is 32.5. The molecule has 6 heteroatoms. The first kappa shape index (κ1) is 20.9. The van der Waals surface area contributed by atoms with Crippen molar-refractivity contribution in [1.29, 1.82) is 0 Å². The van der Waals surface area contributed by atoms with Crippen LogP contribution in [0.15, 0.2) is 73.1 Å². The SMILES string of the molecule is Cn1cc(CC(=O)N2CCCc3ncc(C(=O)NCc4ccccc4)cc32)c2ccccc21. The van der Waals surface area contributed by atoms with E-state index in [1.165, 1.54) is 0 Å². The zero-order valence-electron chi connectivity index (χ0n) is 18.6. The van der Waals surface area contributed by atoms with Gasteiger partial charge in [0.25, 0.3) is 5.91 Å². The highest BCUT2D eigenvalue weighted by Gasteiger charge is 2.25. The number of nitrogens with one attached hydrogen (secondary N) is 1. The molecule has 2 aromatic heterocycles. The van der Waals surface area contributed by atoms with Crippen LogP contribution in [0.4, 0.5) is 5.69 Å². The van der Waals surface area contributed by atoms with Gasteiger partial charge in [0.1, 0.15) is 0 Å². The molecule has 33 heavy (non-hydrogen) atoms. The topological polar surface area (TPSA) is 67.2 Å². The Morgan fingerprint density at radius 3 is 2.70 bits per heavy atom. The molecule has 0 bridgehead atoms. The zero-order chi connectivity index (χ0) is 22.8. The molecule has 0 unspecified atom stereocenters. The van der Waals surface area contributed by atoms with Crippen LogP contribution in [0.3, 0.4) is 0 Å². The number of aromatic nitrogens is 2. The Labute approximate surface area is 192 Å². The fourth-order valence-electron chi connectivity index (χ4n) is 4.52. The van der Waals surface area contributed by atoms with Crippen LogP contribution in [0, 0.1) is 0 Å². The van der Waals surface area contributed by atoms with Gasteiger partial charge in [-0.05, 0) is 36.1 Å². The Bertz CT molecular complexity index is 1330. The van der Waals surface area contributed by atoms with Gasteiger partial charge in [0, 0.05) is 43.4 Å². The van der Waals surface area contributed by atoms with E-state index in [0.29, 0.717) is 25.1 Å². The monoisotopic (exact) mass is 438 g/mol. The third-order valence-corrected chi connectivity index (χ3v) is 6.21. The molecule has 0 spiro atoms. The first-order valence-electron chi connectivity index (χ1n) is 11.2. The van der Waals surface area contributed by atoms with Crippen LogP contribution in [-0.2, 0) is 31.2 Å². The highest BCUT2D eigenvalue weighted by atomic mass is 16.2. The lowest BCUT2D eigenvalue weighted by molar-refractivity contribution is -0.118. The number of para-hydroxylation sites is 1. The Kier molecular flexibility index (Phi) is 5.65. The number of hydrogen-bond donors (Lipinski definition) is 1. The van der Waals surface area contributed by atoms with Gasteiger partial charge >= 0.3 is 0 Å². The van der Waals surface area contributed by atoms with E-state index in [4.69, 9.17) is 0 Å². The molecule has 3 heterocycles. The molecule has 0 saturated heterocycles. The highest BCUT2D eigenvalue weighted by Crippen LogP contribution is 2.28. The number of carbonyl (C=O) groups is 2. The van der Waals surface area contributed by atoms with Crippen molar-refractivity contribution in [2.45, 2.75) is 25.8 Å². The third-order valence-electron chi connectivity index (χ3n) is 6.21. The average Bonchev–Trinajstić information content (AvgIpc) is 3.17. The molecule has 166 valence electrons. The van der Waals surface area contributed by atoms with Gasteiger partial charge in [-0.1, -0.05) is 48.5 Å². The smallest absolute Gasteiger partial charge is 0.253 e. The molecule has 0 radical (unpaired) electrons. The number of fused-ring (bicyclic) bond motifs is 2. The lowest BCUT2D eigenvalue weighted by Crippen LogP contribution is -2.37. The summed E-state index contributed by atoms with van der Waals surface area (Å²) in [6.45, 7) is 1.08. The maximum Gasteiger partial charge on any atom is 0.253 e. The van der Waals surface area contributed by atoms with Crippen molar-refractivity contribution in [2.75, 3.05) is 11.4 Å². The van der Waals surface area contributed by atoms with E-state index in [2.05, 4.69) is 27.0 Å². The molecule has 1 aliphatic rings. The van der Waals surface area contributed by atoms with Gasteiger partial charge in [0.05, 0.1) is 23.4 Å². The summed E-state index contributed by atoms with van der Waals surface area (Å²) in [5.74, 6) is -0.169. The predicted octanol–water partition coefficient (Wildman–Crippen LogP) is 4.03. The molecule has 5 rings (SSSR count). The van der Waals surface area contributed by atoms with E-state index >= 15 is 0 Å². The lowest BCUT2D eigenvalue weighted by Gasteiger charge is -2.29. The van der Waals surface area contributed by atoms with Crippen LogP contribution in [0.2, 0.25) is 0 Å². The molecule has 1 N–H and O–H groups in total. The maximum absolute atomic E-state index is 13.4. The van der Waals surface area contributed by atoms with E-state index in [1.54, 1.807) is 11.1 Å². The molecular weight excluding hydrogens is 412 g/mol. The number of rotatable bonds is 5. The second-order valence-electron chi connectivity index (χ2n) is 8.47. The van der Waals surface area contributed by atoms with Gasteiger partial charge < -0.3 is 14.8 Å². The number of aryl methyl sites for hydroxylation is 2. The standard InChI is InChI=1S/C27H26N4O2/c1-30-18-21(22-10-5-6-12-24(22)30)15-26(32)31-13-7-11-23-25(31)14-20(17-28-23)27(33)29-16-19-8-3-2-4-9-19/h2-6,8-10,12,14,17-18H,7,11,13,15-16H2,1H3,(H,29,33). The van der Waals surface area contributed by atoms with Gasteiger partial charge in [-0.2, -0.15) is 0 Å². The molecule has 4 aromatic rings. The summed E-state index contributed by atoms with van der Waals surface area (Å²) in [5, 5.41) is 4.04. The summed E-state index contributed by atoms with van der Waals surface area (Å²) in [6, 6.07) is 19.7. The number of amides is 2. The fraction of sp³-hybridized carbons (Fsp3) is 0.222. The zero-order valence-corrected chi connectivity index (χ0v) is 18.6. The number of benzene rings is 2. The van der Waals surface area contributed by atoms with Gasteiger partial charge in [-0.25, -0.2) is 0 Å². The largest absolute Gasteiger partial charge is 0.350 e. The first-order chi connectivity index (χ1) is 16.1. The molecule has 0 aliphatic carbocycles. The van der Waals surface area contributed by atoms with E-state index in [1.807, 2.05) is 61.8 Å². The van der Waals surface area contributed by atoms with Gasteiger partial charge in [0.2, 0.25) is 5.91 Å². The Morgan fingerprint density at radius 1 is 1.06 bits per heavy atom. The Hall–Kier alpha value is -3.93. The molecule has 0 fully saturated rings. The Morgan fingerprint density at radius 2 is 1.85 bits per heavy atom. The van der Waals surface area contributed by atoms with Crippen molar-refractivity contribution in [3.8, 4) is 0 Å². The number of nitrogens with zero attached hydrogens (tertiary/aromatic N) is 3. The maximum atomic E-state index is 13.4. The minimum absolute atomic E-state index is 0.0240. The summed E-state index contributed by atoms with van der Waals surface area (Å²) in [7, 11) is 2.00. The van der Waals surface area contributed by atoms with Crippen LogP contribution < -0.4 is 10.2 Å². The quantitative estimate of drug-likeness (QED) is 0.512. The summed E-state index contributed by atoms with van der Waals surface area (Å²) < 4.78 is 2.05. The van der Waals surface area contributed by atoms with Crippen molar-refractivity contribution >= 4 is 28.4 Å². The predicted molar refractivity (Wildman–Crippen MR) is 129 cm³/mol. The van der Waals surface area contributed by atoms with Crippen LogP contribution >= 0.6 is 0 Å². The first-order valence-corrected chi connectivity index (χ1v) is 11.2. The molecule has 1 aliphatic heterocycles. The highest BCUT2D eigenvalue weighted by molar-refractivity contribution is 6.00.